The summed E-state index contributed by atoms with van der Waals surface area (Å²) in [6, 6.07) is 0. The van der Waals surface area contributed by atoms with E-state index in [0.29, 0.717) is 0 Å². The smallest absolute Gasteiger partial charge is 0.146 e. The molecule has 0 heterocycles. The van der Waals surface area contributed by atoms with Crippen LogP contribution in [0.1, 0.15) is 53.4 Å². The SMILES string of the molecule is CC(C)=CCC[C@]1(C)C(C=O)=C(C)CC[C@H]1O. The molecule has 2 atom stereocenters. The third-order valence-corrected chi connectivity index (χ3v) is 3.94. The number of allylic oxidation sites excluding steroid dienone is 3. The Morgan fingerprint density at radius 1 is 1.53 bits per heavy atom. The number of aldehydes is 1. The van der Waals surface area contributed by atoms with E-state index in [1.165, 1.54) is 5.57 Å². The maximum atomic E-state index is 11.2. The quantitative estimate of drug-likeness (QED) is 0.600. The molecule has 0 spiro atoms. The molecule has 0 aliphatic heterocycles. The molecule has 17 heavy (non-hydrogen) atoms. The van der Waals surface area contributed by atoms with Crippen molar-refractivity contribution >= 4 is 6.29 Å². The molecule has 1 rings (SSSR count). The third-order valence-electron chi connectivity index (χ3n) is 3.94. The van der Waals surface area contributed by atoms with Crippen LogP contribution in [0.3, 0.4) is 0 Å². The van der Waals surface area contributed by atoms with Gasteiger partial charge in [-0.05, 0) is 52.0 Å². The third kappa shape index (κ3) is 3.06. The maximum Gasteiger partial charge on any atom is 0.146 e. The second kappa shape index (κ2) is 5.63. The fraction of sp³-hybridized carbons (Fsp3) is 0.667. The number of carbonyl (C=O) groups excluding carboxylic acids is 1. The summed E-state index contributed by atoms with van der Waals surface area (Å²) in [6.07, 6.45) is 6.09. The molecule has 0 aromatic rings. The van der Waals surface area contributed by atoms with Gasteiger partial charge in [-0.25, -0.2) is 0 Å². The lowest BCUT2D eigenvalue weighted by Crippen LogP contribution is -2.38. The van der Waals surface area contributed by atoms with Crippen LogP contribution in [0.5, 0.6) is 0 Å². The van der Waals surface area contributed by atoms with Crippen LogP contribution in [-0.2, 0) is 4.79 Å². The fourth-order valence-electron chi connectivity index (χ4n) is 2.67. The van der Waals surface area contributed by atoms with Crippen molar-refractivity contribution < 1.29 is 9.90 Å². The van der Waals surface area contributed by atoms with Crippen LogP contribution in [-0.4, -0.2) is 17.5 Å². The van der Waals surface area contributed by atoms with E-state index in [-0.39, 0.29) is 5.41 Å². The van der Waals surface area contributed by atoms with Gasteiger partial charge in [0.25, 0.3) is 0 Å². The summed E-state index contributed by atoms with van der Waals surface area (Å²) in [6.45, 7) is 8.17. The Labute approximate surface area is 104 Å². The Morgan fingerprint density at radius 2 is 2.18 bits per heavy atom. The number of carbonyl (C=O) groups is 1. The van der Waals surface area contributed by atoms with Gasteiger partial charge in [-0.1, -0.05) is 24.1 Å². The van der Waals surface area contributed by atoms with E-state index in [4.69, 9.17) is 0 Å². The molecule has 96 valence electrons. The zero-order valence-corrected chi connectivity index (χ0v) is 11.4. The van der Waals surface area contributed by atoms with Crippen molar-refractivity contribution in [3.8, 4) is 0 Å². The maximum absolute atomic E-state index is 11.2. The van der Waals surface area contributed by atoms with E-state index < -0.39 is 6.10 Å². The normalized spacial score (nSPS) is 29.1. The second-order valence-electron chi connectivity index (χ2n) is 5.60. The molecule has 1 N–H and O–H groups in total. The van der Waals surface area contributed by atoms with Crippen LogP contribution in [0.15, 0.2) is 22.8 Å². The summed E-state index contributed by atoms with van der Waals surface area (Å²) in [5, 5.41) is 10.2. The minimum atomic E-state index is -0.392. The van der Waals surface area contributed by atoms with Gasteiger partial charge in [-0.2, -0.15) is 0 Å². The molecule has 0 bridgehead atoms. The Morgan fingerprint density at radius 3 is 2.71 bits per heavy atom. The summed E-state index contributed by atoms with van der Waals surface area (Å²) in [7, 11) is 0. The minimum absolute atomic E-state index is 0.365. The van der Waals surface area contributed by atoms with Gasteiger partial charge in [0.2, 0.25) is 0 Å². The number of hydrogen-bond donors (Lipinski definition) is 1. The highest BCUT2D eigenvalue weighted by molar-refractivity contribution is 5.77. The van der Waals surface area contributed by atoms with Crippen LogP contribution in [0.2, 0.25) is 0 Å². The lowest BCUT2D eigenvalue weighted by Gasteiger charge is -2.39. The number of rotatable bonds is 4. The molecule has 1 aliphatic carbocycles. The number of aliphatic hydroxyl groups excluding tert-OH is 1. The van der Waals surface area contributed by atoms with E-state index in [9.17, 15) is 9.90 Å². The van der Waals surface area contributed by atoms with Gasteiger partial charge in [-0.3, -0.25) is 4.79 Å². The highest BCUT2D eigenvalue weighted by Crippen LogP contribution is 2.43. The molecular weight excluding hydrogens is 212 g/mol. The molecule has 0 radical (unpaired) electrons. The van der Waals surface area contributed by atoms with Crippen molar-refractivity contribution in [2.24, 2.45) is 5.41 Å². The first-order chi connectivity index (χ1) is 7.91. The van der Waals surface area contributed by atoms with Gasteiger partial charge in [0, 0.05) is 5.41 Å². The molecular formula is C15H24O2. The average Bonchev–Trinajstić information content (AvgIpc) is 2.24. The summed E-state index contributed by atoms with van der Waals surface area (Å²) < 4.78 is 0. The molecule has 0 fully saturated rings. The van der Waals surface area contributed by atoms with Crippen molar-refractivity contribution in [2.45, 2.75) is 59.5 Å². The van der Waals surface area contributed by atoms with Crippen molar-refractivity contribution in [1.29, 1.82) is 0 Å². The molecule has 0 amide bonds. The molecule has 2 heteroatoms. The summed E-state index contributed by atoms with van der Waals surface area (Å²) in [5.74, 6) is 0. The molecule has 0 aromatic carbocycles. The molecule has 2 nitrogen and oxygen atoms in total. The van der Waals surface area contributed by atoms with Gasteiger partial charge in [0.05, 0.1) is 6.10 Å². The van der Waals surface area contributed by atoms with E-state index in [1.807, 2.05) is 13.8 Å². The fourth-order valence-corrected chi connectivity index (χ4v) is 2.67. The highest BCUT2D eigenvalue weighted by atomic mass is 16.3. The van der Waals surface area contributed by atoms with Crippen LogP contribution in [0.25, 0.3) is 0 Å². The Bertz CT molecular complexity index is 348. The lowest BCUT2D eigenvalue weighted by atomic mass is 9.67. The number of hydrogen-bond acceptors (Lipinski definition) is 2. The first-order valence-corrected chi connectivity index (χ1v) is 6.38. The largest absolute Gasteiger partial charge is 0.392 e. The number of aliphatic hydroxyl groups is 1. The summed E-state index contributed by atoms with van der Waals surface area (Å²) in [4.78, 5) is 11.2. The predicted octanol–water partition coefficient (Wildman–Crippen LogP) is 3.41. The topological polar surface area (TPSA) is 37.3 Å². The van der Waals surface area contributed by atoms with Crippen molar-refractivity contribution in [3.05, 3.63) is 22.8 Å². The first kappa shape index (κ1) is 14.2. The molecule has 0 unspecified atom stereocenters. The molecule has 0 saturated carbocycles. The minimum Gasteiger partial charge on any atom is -0.392 e. The van der Waals surface area contributed by atoms with Crippen molar-refractivity contribution in [1.82, 2.24) is 0 Å². The summed E-state index contributed by atoms with van der Waals surface area (Å²) >= 11 is 0. The standard InChI is InChI=1S/C15H24O2/c1-11(2)6-5-9-15(4)13(10-16)12(3)7-8-14(15)17/h6,10,14,17H,5,7-9H2,1-4H3/t14-,15-/m1/s1. The van der Waals surface area contributed by atoms with Gasteiger partial charge in [0.15, 0.2) is 0 Å². The highest BCUT2D eigenvalue weighted by Gasteiger charge is 2.39. The molecule has 0 saturated heterocycles. The van der Waals surface area contributed by atoms with E-state index in [0.717, 1.165) is 43.1 Å². The zero-order valence-electron chi connectivity index (χ0n) is 11.4. The lowest BCUT2D eigenvalue weighted by molar-refractivity contribution is -0.107. The predicted molar refractivity (Wildman–Crippen MR) is 70.8 cm³/mol. The van der Waals surface area contributed by atoms with E-state index in [2.05, 4.69) is 19.9 Å². The van der Waals surface area contributed by atoms with Gasteiger partial charge < -0.3 is 5.11 Å². The first-order valence-electron chi connectivity index (χ1n) is 6.38. The average molecular weight is 236 g/mol. The van der Waals surface area contributed by atoms with Crippen LogP contribution >= 0.6 is 0 Å². The molecule has 1 aliphatic rings. The molecule has 0 aromatic heterocycles. The Balaban J connectivity index is 2.92. The second-order valence-corrected chi connectivity index (χ2v) is 5.60. The van der Waals surface area contributed by atoms with E-state index >= 15 is 0 Å². The van der Waals surface area contributed by atoms with Crippen LogP contribution in [0.4, 0.5) is 0 Å². The van der Waals surface area contributed by atoms with Crippen molar-refractivity contribution in [3.63, 3.8) is 0 Å². The van der Waals surface area contributed by atoms with Gasteiger partial charge in [-0.15, -0.1) is 0 Å². The Hall–Kier alpha value is -0.890. The van der Waals surface area contributed by atoms with Gasteiger partial charge >= 0.3 is 0 Å². The Kier molecular flexibility index (Phi) is 4.70. The van der Waals surface area contributed by atoms with Gasteiger partial charge in [0.1, 0.15) is 6.29 Å². The zero-order chi connectivity index (χ0) is 13.1. The summed E-state index contributed by atoms with van der Waals surface area (Å²) in [5.41, 5.74) is 2.88. The van der Waals surface area contributed by atoms with Crippen LogP contribution < -0.4 is 0 Å². The monoisotopic (exact) mass is 236 g/mol. The van der Waals surface area contributed by atoms with Crippen molar-refractivity contribution in [2.75, 3.05) is 0 Å². The van der Waals surface area contributed by atoms with E-state index in [1.54, 1.807) is 0 Å². The van der Waals surface area contributed by atoms with Crippen LogP contribution in [0, 0.1) is 5.41 Å².